The van der Waals surface area contributed by atoms with Crippen molar-refractivity contribution in [3.63, 3.8) is 0 Å². The van der Waals surface area contributed by atoms with Crippen LogP contribution in [0, 0.1) is 0 Å². The molecule has 2 N–H and O–H groups in total. The van der Waals surface area contributed by atoms with Gasteiger partial charge in [0.25, 0.3) is 0 Å². The number of carbonyl (C=O) groups is 1. The third-order valence-electron chi connectivity index (χ3n) is 2.15. The average molecular weight is 209 g/mol. The molecule has 0 spiro atoms. The fraction of sp³-hybridized carbons (Fsp3) is 0.364. The van der Waals surface area contributed by atoms with Gasteiger partial charge in [-0.05, 0) is 25.1 Å². The smallest absolute Gasteiger partial charge is 0.338 e. The molecule has 0 aromatic heterocycles. The van der Waals surface area contributed by atoms with E-state index in [9.17, 15) is 4.79 Å². The van der Waals surface area contributed by atoms with Crippen LogP contribution >= 0.6 is 0 Å². The molecule has 0 atom stereocenters. The number of carbonyl (C=O) groups excluding carboxylic acids is 1. The summed E-state index contributed by atoms with van der Waals surface area (Å²) in [6.45, 7) is 0.463. The van der Waals surface area contributed by atoms with E-state index < -0.39 is 0 Å². The third kappa shape index (κ3) is 2.47. The molecule has 0 saturated heterocycles. The summed E-state index contributed by atoms with van der Waals surface area (Å²) in [6.07, 6.45) is 0.592. The lowest BCUT2D eigenvalue weighted by Crippen LogP contribution is -2.11. The summed E-state index contributed by atoms with van der Waals surface area (Å²) in [7, 11) is 2.92. The molecule has 0 aliphatic heterocycles. The van der Waals surface area contributed by atoms with Crippen LogP contribution in [-0.4, -0.2) is 26.7 Å². The fourth-order valence-electron chi connectivity index (χ4n) is 1.46. The number of esters is 1. The minimum Gasteiger partial charge on any atom is -0.496 e. The van der Waals surface area contributed by atoms with Crippen LogP contribution in [-0.2, 0) is 11.2 Å². The minimum atomic E-state index is -0.364. The highest BCUT2D eigenvalue weighted by Gasteiger charge is 2.14. The number of hydrogen-bond acceptors (Lipinski definition) is 4. The van der Waals surface area contributed by atoms with Crippen molar-refractivity contribution in [1.82, 2.24) is 0 Å². The van der Waals surface area contributed by atoms with Crippen LogP contribution in [0.2, 0.25) is 0 Å². The molecular formula is C11H15NO3. The average Bonchev–Trinajstić information content (AvgIpc) is 2.28. The molecule has 0 aliphatic rings. The Morgan fingerprint density at radius 1 is 1.40 bits per heavy atom. The largest absolute Gasteiger partial charge is 0.496 e. The van der Waals surface area contributed by atoms with Crippen LogP contribution in [0.25, 0.3) is 0 Å². The van der Waals surface area contributed by atoms with E-state index in [0.29, 0.717) is 24.3 Å². The van der Waals surface area contributed by atoms with Crippen LogP contribution in [0.15, 0.2) is 18.2 Å². The Labute approximate surface area is 89.0 Å². The van der Waals surface area contributed by atoms with E-state index in [1.807, 2.05) is 0 Å². The quantitative estimate of drug-likeness (QED) is 0.751. The van der Waals surface area contributed by atoms with Crippen LogP contribution in [0.1, 0.15) is 15.9 Å². The molecule has 1 aromatic rings. The maximum absolute atomic E-state index is 11.5. The van der Waals surface area contributed by atoms with E-state index in [0.717, 1.165) is 5.56 Å². The topological polar surface area (TPSA) is 61.5 Å². The van der Waals surface area contributed by atoms with Crippen molar-refractivity contribution in [2.75, 3.05) is 20.8 Å². The maximum atomic E-state index is 11.5. The molecule has 1 rings (SSSR count). The van der Waals surface area contributed by atoms with Crippen molar-refractivity contribution in [2.24, 2.45) is 5.73 Å². The summed E-state index contributed by atoms with van der Waals surface area (Å²) in [6, 6.07) is 5.27. The van der Waals surface area contributed by atoms with E-state index >= 15 is 0 Å². The highest BCUT2D eigenvalue weighted by Crippen LogP contribution is 2.23. The van der Waals surface area contributed by atoms with Gasteiger partial charge in [0.1, 0.15) is 5.75 Å². The Morgan fingerprint density at radius 2 is 2.13 bits per heavy atom. The summed E-state index contributed by atoms with van der Waals surface area (Å²) in [5.41, 5.74) is 6.80. The summed E-state index contributed by atoms with van der Waals surface area (Å²) >= 11 is 0. The first kappa shape index (κ1) is 11.5. The Balaban J connectivity index is 3.18. The first-order chi connectivity index (χ1) is 7.24. The molecule has 15 heavy (non-hydrogen) atoms. The standard InChI is InChI=1S/C11H15NO3/c1-14-10-5-3-4-9(11(13)15-2)8(10)6-7-12/h3-5H,6-7,12H2,1-2H3. The third-order valence-corrected chi connectivity index (χ3v) is 2.15. The van der Waals surface area contributed by atoms with Crippen molar-refractivity contribution in [2.45, 2.75) is 6.42 Å². The number of hydrogen-bond donors (Lipinski definition) is 1. The van der Waals surface area contributed by atoms with Crippen LogP contribution in [0.4, 0.5) is 0 Å². The molecule has 1 aromatic carbocycles. The summed E-state index contributed by atoms with van der Waals surface area (Å²) in [4.78, 5) is 11.5. The second-order valence-electron chi connectivity index (χ2n) is 3.02. The lowest BCUT2D eigenvalue weighted by atomic mass is 10.0. The molecule has 82 valence electrons. The monoisotopic (exact) mass is 209 g/mol. The van der Waals surface area contributed by atoms with Gasteiger partial charge in [-0.15, -0.1) is 0 Å². The number of ether oxygens (including phenoxy) is 2. The number of rotatable bonds is 4. The Bertz CT molecular complexity index is 350. The molecule has 0 saturated carbocycles. The van der Waals surface area contributed by atoms with Gasteiger partial charge in [0.2, 0.25) is 0 Å². The second kappa shape index (κ2) is 5.36. The lowest BCUT2D eigenvalue weighted by Gasteiger charge is -2.11. The summed E-state index contributed by atoms with van der Waals surface area (Å²) < 4.78 is 9.86. The van der Waals surface area contributed by atoms with Gasteiger partial charge in [-0.2, -0.15) is 0 Å². The molecule has 0 fully saturated rings. The fourth-order valence-corrected chi connectivity index (χ4v) is 1.46. The molecule has 0 unspecified atom stereocenters. The maximum Gasteiger partial charge on any atom is 0.338 e. The van der Waals surface area contributed by atoms with Gasteiger partial charge >= 0.3 is 5.97 Å². The van der Waals surface area contributed by atoms with E-state index in [1.54, 1.807) is 25.3 Å². The molecule has 0 heterocycles. The summed E-state index contributed by atoms with van der Waals surface area (Å²) in [5, 5.41) is 0. The van der Waals surface area contributed by atoms with Crippen molar-refractivity contribution in [1.29, 1.82) is 0 Å². The molecule has 0 bridgehead atoms. The van der Waals surface area contributed by atoms with E-state index in [-0.39, 0.29) is 5.97 Å². The zero-order chi connectivity index (χ0) is 11.3. The van der Waals surface area contributed by atoms with Crippen LogP contribution < -0.4 is 10.5 Å². The van der Waals surface area contributed by atoms with Crippen LogP contribution in [0.3, 0.4) is 0 Å². The van der Waals surface area contributed by atoms with Gasteiger partial charge in [0.05, 0.1) is 19.8 Å². The van der Waals surface area contributed by atoms with Gasteiger partial charge in [-0.1, -0.05) is 6.07 Å². The first-order valence-electron chi connectivity index (χ1n) is 4.68. The molecule has 0 amide bonds. The normalized spacial score (nSPS) is 9.80. The van der Waals surface area contributed by atoms with E-state index in [2.05, 4.69) is 4.74 Å². The van der Waals surface area contributed by atoms with Crippen LogP contribution in [0.5, 0.6) is 5.75 Å². The Hall–Kier alpha value is -1.55. The Kier molecular flexibility index (Phi) is 4.12. The Morgan fingerprint density at radius 3 is 2.67 bits per heavy atom. The van der Waals surface area contributed by atoms with Gasteiger partial charge in [0, 0.05) is 5.56 Å². The molecular weight excluding hydrogens is 194 g/mol. The lowest BCUT2D eigenvalue weighted by molar-refractivity contribution is 0.0599. The molecule has 0 aliphatic carbocycles. The predicted octanol–water partition coefficient (Wildman–Crippen LogP) is 0.983. The zero-order valence-electron chi connectivity index (χ0n) is 8.95. The van der Waals surface area contributed by atoms with Crippen molar-refractivity contribution in [3.8, 4) is 5.75 Å². The van der Waals surface area contributed by atoms with Crippen molar-refractivity contribution >= 4 is 5.97 Å². The summed E-state index contributed by atoms with van der Waals surface area (Å²) in [5.74, 6) is 0.306. The van der Waals surface area contributed by atoms with Crippen molar-refractivity contribution < 1.29 is 14.3 Å². The highest BCUT2D eigenvalue weighted by molar-refractivity contribution is 5.91. The van der Waals surface area contributed by atoms with Gasteiger partial charge in [0.15, 0.2) is 0 Å². The highest BCUT2D eigenvalue weighted by atomic mass is 16.5. The zero-order valence-corrected chi connectivity index (χ0v) is 8.95. The number of methoxy groups -OCH3 is 2. The second-order valence-corrected chi connectivity index (χ2v) is 3.02. The minimum absolute atomic E-state index is 0.364. The predicted molar refractivity (Wildman–Crippen MR) is 57.1 cm³/mol. The SMILES string of the molecule is COC(=O)c1cccc(OC)c1CCN. The van der Waals surface area contributed by atoms with Gasteiger partial charge in [-0.3, -0.25) is 0 Å². The van der Waals surface area contributed by atoms with E-state index in [4.69, 9.17) is 10.5 Å². The number of benzene rings is 1. The molecule has 4 heteroatoms. The van der Waals surface area contributed by atoms with Gasteiger partial charge < -0.3 is 15.2 Å². The number of nitrogens with two attached hydrogens (primary N) is 1. The molecule has 0 radical (unpaired) electrons. The first-order valence-corrected chi connectivity index (χ1v) is 4.68. The molecule has 4 nitrogen and oxygen atoms in total. The van der Waals surface area contributed by atoms with Gasteiger partial charge in [-0.25, -0.2) is 4.79 Å². The van der Waals surface area contributed by atoms with E-state index in [1.165, 1.54) is 7.11 Å². The van der Waals surface area contributed by atoms with Crippen molar-refractivity contribution in [3.05, 3.63) is 29.3 Å².